The molecule has 0 aliphatic rings. The van der Waals surface area contributed by atoms with Gasteiger partial charge in [0.1, 0.15) is 6.42 Å². The van der Waals surface area contributed by atoms with E-state index in [4.69, 9.17) is 0 Å². The van der Waals surface area contributed by atoms with Crippen molar-refractivity contribution in [1.29, 1.82) is 0 Å². The van der Waals surface area contributed by atoms with Crippen molar-refractivity contribution in [2.75, 3.05) is 10.6 Å². The number of carbonyl (C=O) groups is 3. The van der Waals surface area contributed by atoms with Crippen LogP contribution in [-0.2, 0) is 16.0 Å². The molecule has 130 valence electrons. The molecule has 2 amide bonds. The summed E-state index contributed by atoms with van der Waals surface area (Å²) in [6, 6.07) is 12.5. The first kappa shape index (κ1) is 18.4. The Morgan fingerprint density at radius 2 is 1.64 bits per heavy atom. The van der Waals surface area contributed by atoms with Gasteiger partial charge < -0.3 is 10.6 Å². The normalized spacial score (nSPS) is 10.2. The van der Waals surface area contributed by atoms with E-state index in [0.29, 0.717) is 11.3 Å². The van der Waals surface area contributed by atoms with Crippen molar-refractivity contribution < 1.29 is 14.4 Å². The second-order valence-electron chi connectivity index (χ2n) is 5.87. The fourth-order valence-corrected chi connectivity index (χ4v) is 2.55. The number of anilines is 2. The Kier molecular flexibility index (Phi) is 6.06. The van der Waals surface area contributed by atoms with Gasteiger partial charge in [0.25, 0.3) is 0 Å². The molecule has 5 heteroatoms. The highest BCUT2D eigenvalue weighted by Crippen LogP contribution is 2.21. The van der Waals surface area contributed by atoms with Crippen LogP contribution >= 0.6 is 0 Å². The van der Waals surface area contributed by atoms with Crippen molar-refractivity contribution in [3.8, 4) is 0 Å². The van der Waals surface area contributed by atoms with Crippen LogP contribution in [0.25, 0.3) is 0 Å². The zero-order valence-electron chi connectivity index (χ0n) is 14.7. The Morgan fingerprint density at radius 1 is 0.960 bits per heavy atom. The minimum atomic E-state index is -0.426. The van der Waals surface area contributed by atoms with Gasteiger partial charge in [0.15, 0.2) is 5.78 Å². The van der Waals surface area contributed by atoms with Crippen LogP contribution in [0.3, 0.4) is 0 Å². The van der Waals surface area contributed by atoms with Gasteiger partial charge in [0.05, 0.1) is 0 Å². The highest BCUT2D eigenvalue weighted by molar-refractivity contribution is 6.08. The average Bonchev–Trinajstić information content (AvgIpc) is 2.56. The molecule has 2 rings (SSSR count). The maximum Gasteiger partial charge on any atom is 0.233 e. The number of Topliss-reactive ketones (excluding diaryl/α,β-unsaturated/α-hetero) is 1. The zero-order chi connectivity index (χ0) is 18.4. The summed E-state index contributed by atoms with van der Waals surface area (Å²) in [6.07, 6.45) is 0.503. The van der Waals surface area contributed by atoms with Crippen molar-refractivity contribution in [3.63, 3.8) is 0 Å². The summed E-state index contributed by atoms with van der Waals surface area (Å²) in [7, 11) is 0. The van der Waals surface area contributed by atoms with E-state index < -0.39 is 5.91 Å². The summed E-state index contributed by atoms with van der Waals surface area (Å²) in [5, 5.41) is 5.47. The number of benzene rings is 2. The maximum atomic E-state index is 12.2. The lowest BCUT2D eigenvalue weighted by molar-refractivity contribution is -0.123. The van der Waals surface area contributed by atoms with Crippen molar-refractivity contribution in [2.24, 2.45) is 0 Å². The van der Waals surface area contributed by atoms with Gasteiger partial charge in [-0.25, -0.2) is 0 Å². The third-order valence-corrected chi connectivity index (χ3v) is 3.88. The number of hydrogen-bond acceptors (Lipinski definition) is 3. The second-order valence-corrected chi connectivity index (χ2v) is 5.87. The van der Waals surface area contributed by atoms with Gasteiger partial charge in [-0.15, -0.1) is 0 Å². The topological polar surface area (TPSA) is 75.3 Å². The Morgan fingerprint density at radius 3 is 2.32 bits per heavy atom. The molecule has 5 nitrogen and oxygen atoms in total. The molecule has 0 bridgehead atoms. The number of carbonyl (C=O) groups excluding carboxylic acids is 3. The van der Waals surface area contributed by atoms with Gasteiger partial charge in [-0.05, 0) is 43.5 Å². The molecule has 0 saturated heterocycles. The first-order chi connectivity index (χ1) is 11.9. The molecule has 0 spiro atoms. The molecule has 0 saturated carbocycles. The number of para-hydroxylation sites is 1. The van der Waals surface area contributed by atoms with E-state index in [1.54, 1.807) is 24.3 Å². The lowest BCUT2D eigenvalue weighted by atomic mass is 10.1. The van der Waals surface area contributed by atoms with Gasteiger partial charge in [-0.2, -0.15) is 0 Å². The van der Waals surface area contributed by atoms with Gasteiger partial charge in [0.2, 0.25) is 11.8 Å². The summed E-state index contributed by atoms with van der Waals surface area (Å²) in [4.78, 5) is 35.6. The van der Waals surface area contributed by atoms with Crippen LogP contribution in [0.4, 0.5) is 11.4 Å². The molecule has 2 aromatic carbocycles. The van der Waals surface area contributed by atoms with Crippen LogP contribution in [0, 0.1) is 6.92 Å². The summed E-state index contributed by atoms with van der Waals surface area (Å²) < 4.78 is 0. The molecular weight excluding hydrogens is 316 g/mol. The Labute approximate surface area is 147 Å². The smallest absolute Gasteiger partial charge is 0.233 e. The van der Waals surface area contributed by atoms with E-state index in [1.807, 2.05) is 32.0 Å². The Hall–Kier alpha value is -2.95. The van der Waals surface area contributed by atoms with Crippen molar-refractivity contribution in [2.45, 2.75) is 33.6 Å². The molecular formula is C20H22N2O3. The quantitative estimate of drug-likeness (QED) is 0.622. The van der Waals surface area contributed by atoms with Gasteiger partial charge in [-0.1, -0.05) is 37.3 Å². The van der Waals surface area contributed by atoms with Gasteiger partial charge in [0, 0.05) is 16.9 Å². The number of hydrogen-bond donors (Lipinski definition) is 2. The number of ketones is 1. The molecule has 0 radical (unpaired) electrons. The van der Waals surface area contributed by atoms with Crippen LogP contribution in [0.2, 0.25) is 0 Å². The first-order valence-corrected chi connectivity index (χ1v) is 8.20. The summed E-state index contributed by atoms with van der Waals surface area (Å²) in [5.74, 6) is -0.880. The minimum absolute atomic E-state index is 0.0829. The molecule has 2 N–H and O–H groups in total. The van der Waals surface area contributed by atoms with E-state index in [-0.39, 0.29) is 18.1 Å². The fourth-order valence-electron chi connectivity index (χ4n) is 2.55. The zero-order valence-corrected chi connectivity index (χ0v) is 14.7. The Balaban J connectivity index is 2.00. The van der Waals surface area contributed by atoms with E-state index in [0.717, 1.165) is 23.2 Å². The number of amides is 2. The molecule has 2 aromatic rings. The highest BCUT2D eigenvalue weighted by atomic mass is 16.2. The van der Waals surface area contributed by atoms with Crippen LogP contribution in [0.1, 0.15) is 41.8 Å². The average molecular weight is 338 g/mol. The standard InChI is InChI=1S/C20H22N2O3/c1-4-15-8-5-7-13(2)20(15)22-19(25)12-18(24)21-17-10-6-9-16(11-17)14(3)23/h5-11H,4,12H2,1-3H3,(H,21,24)(H,22,25). The van der Waals surface area contributed by atoms with Crippen molar-refractivity contribution >= 4 is 29.0 Å². The van der Waals surface area contributed by atoms with Crippen molar-refractivity contribution in [3.05, 3.63) is 59.2 Å². The van der Waals surface area contributed by atoms with Crippen LogP contribution in [-0.4, -0.2) is 17.6 Å². The maximum absolute atomic E-state index is 12.2. The molecule has 0 unspecified atom stereocenters. The molecule has 0 aliphatic carbocycles. The number of rotatable bonds is 6. The first-order valence-electron chi connectivity index (χ1n) is 8.20. The van der Waals surface area contributed by atoms with Crippen molar-refractivity contribution in [1.82, 2.24) is 0 Å². The largest absolute Gasteiger partial charge is 0.326 e. The molecule has 0 atom stereocenters. The molecule has 0 aliphatic heterocycles. The third-order valence-electron chi connectivity index (χ3n) is 3.88. The molecule has 0 heterocycles. The minimum Gasteiger partial charge on any atom is -0.326 e. The molecule has 0 fully saturated rings. The second kappa shape index (κ2) is 8.24. The summed E-state index contributed by atoms with van der Waals surface area (Å²) in [5.41, 5.74) is 3.76. The SMILES string of the molecule is CCc1cccc(C)c1NC(=O)CC(=O)Nc1cccc(C(C)=O)c1. The highest BCUT2D eigenvalue weighted by Gasteiger charge is 2.13. The predicted octanol–water partition coefficient (Wildman–Crippen LogP) is 3.73. The van der Waals surface area contributed by atoms with E-state index in [9.17, 15) is 14.4 Å². The van der Waals surface area contributed by atoms with Crippen LogP contribution in [0.5, 0.6) is 0 Å². The fraction of sp³-hybridized carbons (Fsp3) is 0.250. The molecule has 0 aromatic heterocycles. The Bertz CT molecular complexity index is 812. The summed E-state index contributed by atoms with van der Waals surface area (Å²) >= 11 is 0. The van der Waals surface area contributed by atoms with Crippen LogP contribution < -0.4 is 10.6 Å². The van der Waals surface area contributed by atoms with Crippen LogP contribution in [0.15, 0.2) is 42.5 Å². The van der Waals surface area contributed by atoms with Gasteiger partial charge in [-0.3, -0.25) is 14.4 Å². The van der Waals surface area contributed by atoms with Gasteiger partial charge >= 0.3 is 0 Å². The molecule has 25 heavy (non-hydrogen) atoms. The predicted molar refractivity (Wildman–Crippen MR) is 98.9 cm³/mol. The van der Waals surface area contributed by atoms with E-state index in [1.165, 1.54) is 6.92 Å². The van der Waals surface area contributed by atoms with E-state index >= 15 is 0 Å². The lowest BCUT2D eigenvalue weighted by Gasteiger charge is -2.13. The number of aryl methyl sites for hydroxylation is 2. The third kappa shape index (κ3) is 5.01. The summed E-state index contributed by atoms with van der Waals surface area (Å²) in [6.45, 7) is 5.39. The number of nitrogens with one attached hydrogen (secondary N) is 2. The lowest BCUT2D eigenvalue weighted by Crippen LogP contribution is -2.22. The van der Waals surface area contributed by atoms with E-state index in [2.05, 4.69) is 10.6 Å². The monoisotopic (exact) mass is 338 g/mol.